The third-order valence-corrected chi connectivity index (χ3v) is 1.04. The van der Waals surface area contributed by atoms with Crippen LogP contribution >= 0.6 is 11.6 Å². The lowest BCUT2D eigenvalue weighted by Crippen LogP contribution is -1.89. The average molecular weight is 158 g/mol. The summed E-state index contributed by atoms with van der Waals surface area (Å²) in [5.74, 6) is 0. The summed E-state index contributed by atoms with van der Waals surface area (Å²) in [6.45, 7) is 0. The van der Waals surface area contributed by atoms with Crippen LogP contribution in [0.1, 0.15) is 5.69 Å². The Labute approximate surface area is 62.2 Å². The third-order valence-electron chi connectivity index (χ3n) is 0.843. The molecule has 0 aliphatic carbocycles. The van der Waals surface area contributed by atoms with Gasteiger partial charge in [0.1, 0.15) is 5.69 Å². The molecule has 0 aromatic carbocycles. The van der Waals surface area contributed by atoms with Gasteiger partial charge in [0.15, 0.2) is 5.15 Å². The second-order valence-electron chi connectivity index (χ2n) is 1.53. The highest BCUT2D eigenvalue weighted by atomic mass is 35.5. The van der Waals surface area contributed by atoms with Gasteiger partial charge in [0, 0.05) is 0 Å². The molecule has 0 aliphatic rings. The monoisotopic (exact) mass is 157 g/mol. The minimum Gasteiger partial charge on any atom is -0.411 e. The highest BCUT2D eigenvalue weighted by Crippen LogP contribution is 1.99. The van der Waals surface area contributed by atoms with Crippen molar-refractivity contribution in [1.29, 1.82) is 0 Å². The zero-order valence-electron chi connectivity index (χ0n) is 4.90. The van der Waals surface area contributed by atoms with Crippen LogP contribution in [0.15, 0.2) is 17.3 Å². The van der Waals surface area contributed by atoms with E-state index >= 15 is 0 Å². The molecule has 0 amide bonds. The van der Waals surface area contributed by atoms with Crippen molar-refractivity contribution in [2.24, 2.45) is 5.16 Å². The van der Waals surface area contributed by atoms with Crippen LogP contribution in [0.5, 0.6) is 0 Å². The number of hydrogen-bond acceptors (Lipinski definition) is 4. The van der Waals surface area contributed by atoms with Gasteiger partial charge in [-0.1, -0.05) is 16.8 Å². The standard InChI is InChI=1S/C5H4ClN3O/c6-5-2-1-4(3-7-10)8-9-5/h1-3,10H/b7-3+. The van der Waals surface area contributed by atoms with Gasteiger partial charge in [0.25, 0.3) is 0 Å². The molecule has 4 nitrogen and oxygen atoms in total. The van der Waals surface area contributed by atoms with E-state index in [1.165, 1.54) is 6.21 Å². The van der Waals surface area contributed by atoms with Crippen LogP contribution in [0.25, 0.3) is 0 Å². The van der Waals surface area contributed by atoms with Crippen molar-refractivity contribution in [1.82, 2.24) is 10.2 Å². The van der Waals surface area contributed by atoms with E-state index in [1.54, 1.807) is 12.1 Å². The van der Waals surface area contributed by atoms with Gasteiger partial charge in [0.2, 0.25) is 0 Å². The molecular weight excluding hydrogens is 154 g/mol. The highest BCUT2D eigenvalue weighted by Gasteiger charge is 1.89. The molecule has 0 atom stereocenters. The molecular formula is C5H4ClN3O. The van der Waals surface area contributed by atoms with Crippen LogP contribution in [0, 0.1) is 0 Å². The molecule has 10 heavy (non-hydrogen) atoms. The van der Waals surface area contributed by atoms with Crippen molar-refractivity contribution >= 4 is 17.8 Å². The van der Waals surface area contributed by atoms with E-state index in [1.807, 2.05) is 0 Å². The fraction of sp³-hybridized carbons (Fsp3) is 0. The molecule has 1 aromatic heterocycles. The molecule has 1 heterocycles. The van der Waals surface area contributed by atoms with Gasteiger partial charge in [-0.2, -0.15) is 0 Å². The molecule has 0 radical (unpaired) electrons. The number of halogens is 1. The van der Waals surface area contributed by atoms with Crippen molar-refractivity contribution in [3.8, 4) is 0 Å². The van der Waals surface area contributed by atoms with Crippen LogP contribution in [0.2, 0.25) is 5.15 Å². The fourth-order valence-corrected chi connectivity index (χ4v) is 0.555. The zero-order chi connectivity index (χ0) is 7.40. The Kier molecular flexibility index (Phi) is 2.17. The molecule has 0 saturated carbocycles. The Hall–Kier alpha value is -1.16. The van der Waals surface area contributed by atoms with Crippen LogP contribution in [-0.2, 0) is 0 Å². The van der Waals surface area contributed by atoms with Gasteiger partial charge in [0.05, 0.1) is 6.21 Å². The first-order valence-electron chi connectivity index (χ1n) is 2.49. The van der Waals surface area contributed by atoms with E-state index in [2.05, 4.69) is 15.4 Å². The molecule has 1 N–H and O–H groups in total. The van der Waals surface area contributed by atoms with Gasteiger partial charge in [-0.05, 0) is 12.1 Å². The van der Waals surface area contributed by atoms with Gasteiger partial charge in [-0.15, -0.1) is 10.2 Å². The Morgan fingerprint density at radius 2 is 2.30 bits per heavy atom. The smallest absolute Gasteiger partial charge is 0.151 e. The quantitative estimate of drug-likeness (QED) is 0.375. The summed E-state index contributed by atoms with van der Waals surface area (Å²) >= 11 is 5.43. The van der Waals surface area contributed by atoms with Crippen molar-refractivity contribution in [3.63, 3.8) is 0 Å². The second kappa shape index (κ2) is 3.12. The summed E-state index contributed by atoms with van der Waals surface area (Å²) in [5, 5.41) is 18.2. The first-order chi connectivity index (χ1) is 4.83. The number of aromatic nitrogens is 2. The SMILES string of the molecule is O/N=C/c1ccc(Cl)nn1. The second-order valence-corrected chi connectivity index (χ2v) is 1.91. The summed E-state index contributed by atoms with van der Waals surface area (Å²) in [7, 11) is 0. The van der Waals surface area contributed by atoms with Crippen molar-refractivity contribution in [2.75, 3.05) is 0 Å². The molecule has 1 aromatic rings. The average Bonchev–Trinajstić information content (AvgIpc) is 1.95. The number of rotatable bonds is 1. The lowest BCUT2D eigenvalue weighted by molar-refractivity contribution is 0.321. The molecule has 0 bridgehead atoms. The number of oxime groups is 1. The Morgan fingerprint density at radius 3 is 2.80 bits per heavy atom. The van der Waals surface area contributed by atoms with Crippen molar-refractivity contribution in [3.05, 3.63) is 23.0 Å². The normalized spacial score (nSPS) is 10.5. The third kappa shape index (κ3) is 1.66. The topological polar surface area (TPSA) is 58.4 Å². The summed E-state index contributed by atoms with van der Waals surface area (Å²) in [4.78, 5) is 0. The fourth-order valence-electron chi connectivity index (χ4n) is 0.454. The van der Waals surface area contributed by atoms with E-state index in [4.69, 9.17) is 16.8 Å². The first kappa shape index (κ1) is 6.95. The predicted octanol–water partition coefficient (Wildman–Crippen LogP) is 0.938. The van der Waals surface area contributed by atoms with Gasteiger partial charge in [-0.25, -0.2) is 0 Å². The van der Waals surface area contributed by atoms with E-state index in [0.717, 1.165) is 0 Å². The molecule has 5 heteroatoms. The number of hydrogen-bond donors (Lipinski definition) is 1. The molecule has 0 unspecified atom stereocenters. The number of nitrogens with zero attached hydrogens (tertiary/aromatic N) is 3. The van der Waals surface area contributed by atoms with Crippen LogP contribution < -0.4 is 0 Å². The van der Waals surface area contributed by atoms with Crippen LogP contribution in [0.3, 0.4) is 0 Å². The molecule has 1 rings (SSSR count). The molecule has 0 spiro atoms. The van der Waals surface area contributed by atoms with Crippen LogP contribution in [-0.4, -0.2) is 21.6 Å². The minimum absolute atomic E-state index is 0.315. The lowest BCUT2D eigenvalue weighted by atomic mass is 10.4. The summed E-state index contributed by atoms with van der Waals surface area (Å²) in [5.41, 5.74) is 0.465. The lowest BCUT2D eigenvalue weighted by Gasteiger charge is -1.87. The van der Waals surface area contributed by atoms with Crippen molar-refractivity contribution < 1.29 is 5.21 Å². The van der Waals surface area contributed by atoms with Crippen molar-refractivity contribution in [2.45, 2.75) is 0 Å². The maximum absolute atomic E-state index is 8.06. The van der Waals surface area contributed by atoms with E-state index < -0.39 is 0 Å². The Bertz CT molecular complexity index is 233. The highest BCUT2D eigenvalue weighted by molar-refractivity contribution is 6.29. The summed E-state index contributed by atoms with van der Waals surface area (Å²) in [6, 6.07) is 3.15. The van der Waals surface area contributed by atoms with Gasteiger partial charge >= 0.3 is 0 Å². The predicted molar refractivity (Wildman–Crippen MR) is 36.4 cm³/mol. The van der Waals surface area contributed by atoms with E-state index in [-0.39, 0.29) is 0 Å². The first-order valence-corrected chi connectivity index (χ1v) is 2.87. The maximum atomic E-state index is 8.06. The summed E-state index contributed by atoms with van der Waals surface area (Å²) < 4.78 is 0. The van der Waals surface area contributed by atoms with Crippen LogP contribution in [0.4, 0.5) is 0 Å². The Balaban J connectivity index is 2.89. The molecule has 0 aliphatic heterocycles. The van der Waals surface area contributed by atoms with E-state index in [0.29, 0.717) is 10.8 Å². The molecule has 0 fully saturated rings. The maximum Gasteiger partial charge on any atom is 0.151 e. The van der Waals surface area contributed by atoms with E-state index in [9.17, 15) is 0 Å². The molecule has 52 valence electrons. The van der Waals surface area contributed by atoms with Gasteiger partial charge < -0.3 is 5.21 Å². The van der Waals surface area contributed by atoms with Gasteiger partial charge in [-0.3, -0.25) is 0 Å². The minimum atomic E-state index is 0.315. The zero-order valence-corrected chi connectivity index (χ0v) is 5.65. The largest absolute Gasteiger partial charge is 0.411 e. The molecule has 0 saturated heterocycles. The Morgan fingerprint density at radius 1 is 1.50 bits per heavy atom. The summed E-state index contributed by atoms with van der Waals surface area (Å²) in [6.07, 6.45) is 1.17.